The van der Waals surface area contributed by atoms with Gasteiger partial charge in [0, 0.05) is 11.3 Å². The van der Waals surface area contributed by atoms with Crippen LogP contribution in [0.25, 0.3) is 5.76 Å². The second-order valence-corrected chi connectivity index (χ2v) is 7.82. The Balaban J connectivity index is 1.99. The minimum atomic E-state index is -0.973. The molecule has 3 aromatic rings. The van der Waals surface area contributed by atoms with Crippen LogP contribution in [0.5, 0.6) is 5.75 Å². The summed E-state index contributed by atoms with van der Waals surface area (Å²) in [6, 6.07) is 16.3. The van der Waals surface area contributed by atoms with Gasteiger partial charge >= 0.3 is 0 Å². The van der Waals surface area contributed by atoms with Crippen LogP contribution in [0.4, 0.5) is 10.1 Å². The van der Waals surface area contributed by atoms with Crippen molar-refractivity contribution in [3.63, 3.8) is 0 Å². The number of hydrogen-bond donors (Lipinski definition) is 1. The first-order valence-corrected chi connectivity index (χ1v) is 10.2. The quantitative estimate of drug-likeness (QED) is 0.326. The number of carbonyl (C=O) groups excluding carboxylic acids is 2. The molecule has 1 amide bonds. The van der Waals surface area contributed by atoms with Crippen molar-refractivity contribution in [2.75, 3.05) is 12.0 Å². The molecule has 3 aromatic carbocycles. The monoisotopic (exact) mass is 451 g/mol. The fourth-order valence-electron chi connectivity index (χ4n) is 3.84. The number of Topliss-reactive ketones (excluding diaryl/α,β-unsaturated/α-hetero) is 1. The van der Waals surface area contributed by atoms with Gasteiger partial charge in [0.05, 0.1) is 23.7 Å². The van der Waals surface area contributed by atoms with Crippen molar-refractivity contribution in [2.24, 2.45) is 0 Å². The molecule has 0 saturated carbocycles. The lowest BCUT2D eigenvalue weighted by Gasteiger charge is -2.25. The molecule has 0 aromatic heterocycles. The zero-order valence-electron chi connectivity index (χ0n) is 17.3. The van der Waals surface area contributed by atoms with Crippen LogP contribution in [0.1, 0.15) is 22.7 Å². The third-order valence-electron chi connectivity index (χ3n) is 5.32. The van der Waals surface area contributed by atoms with Crippen LogP contribution in [-0.2, 0) is 9.59 Å². The summed E-state index contributed by atoms with van der Waals surface area (Å²) in [5, 5.41) is 11.4. The Labute approximate surface area is 189 Å². The second kappa shape index (κ2) is 8.48. The summed E-state index contributed by atoms with van der Waals surface area (Å²) >= 11 is 6.29. The molecule has 1 heterocycles. The van der Waals surface area contributed by atoms with Crippen LogP contribution in [0.3, 0.4) is 0 Å². The molecule has 32 heavy (non-hydrogen) atoms. The third-order valence-corrected chi connectivity index (χ3v) is 5.65. The molecule has 0 aliphatic carbocycles. The molecule has 0 radical (unpaired) electrons. The van der Waals surface area contributed by atoms with E-state index in [1.807, 2.05) is 19.1 Å². The van der Waals surface area contributed by atoms with Gasteiger partial charge in [-0.15, -0.1) is 0 Å². The Hall–Kier alpha value is -3.64. The first-order valence-electron chi connectivity index (χ1n) is 9.79. The lowest BCUT2D eigenvalue weighted by atomic mass is 9.94. The average Bonchev–Trinajstić information content (AvgIpc) is 3.04. The normalized spacial score (nSPS) is 17.6. The number of methoxy groups -OCH3 is 1. The van der Waals surface area contributed by atoms with Crippen molar-refractivity contribution in [3.05, 3.63) is 99.8 Å². The minimum absolute atomic E-state index is 0.139. The fraction of sp³-hybridized carbons (Fsp3) is 0.120. The maximum Gasteiger partial charge on any atom is 0.300 e. The van der Waals surface area contributed by atoms with Gasteiger partial charge in [-0.1, -0.05) is 47.5 Å². The van der Waals surface area contributed by atoms with Crippen molar-refractivity contribution in [1.82, 2.24) is 0 Å². The number of benzene rings is 3. The van der Waals surface area contributed by atoms with E-state index in [1.54, 1.807) is 18.2 Å². The summed E-state index contributed by atoms with van der Waals surface area (Å²) in [4.78, 5) is 27.4. The molecule has 162 valence electrons. The maximum absolute atomic E-state index is 14.0. The standard InChI is InChI=1S/C25H19ClFNO4/c1-14-5-3-6-15(11-14)22-21(23(29)19-13-18(32-2)9-10-20(19)26)24(30)25(31)28(22)17-8-4-7-16(27)12-17/h3-13,22,29H,1-2H3/b23-21+. The summed E-state index contributed by atoms with van der Waals surface area (Å²) in [7, 11) is 1.46. The van der Waals surface area contributed by atoms with Gasteiger partial charge in [-0.2, -0.15) is 0 Å². The fourth-order valence-corrected chi connectivity index (χ4v) is 4.05. The van der Waals surface area contributed by atoms with Gasteiger partial charge < -0.3 is 9.84 Å². The minimum Gasteiger partial charge on any atom is -0.507 e. The van der Waals surface area contributed by atoms with Gasteiger partial charge in [0.25, 0.3) is 11.7 Å². The van der Waals surface area contributed by atoms with Gasteiger partial charge in [-0.05, 0) is 48.9 Å². The summed E-state index contributed by atoms with van der Waals surface area (Å²) in [5.74, 6) is -2.33. The summed E-state index contributed by atoms with van der Waals surface area (Å²) in [6.45, 7) is 1.87. The zero-order chi connectivity index (χ0) is 23.0. The summed E-state index contributed by atoms with van der Waals surface area (Å²) < 4.78 is 19.2. The molecule has 1 saturated heterocycles. The molecule has 0 bridgehead atoms. The highest BCUT2D eigenvalue weighted by molar-refractivity contribution is 6.52. The van der Waals surface area contributed by atoms with Crippen LogP contribution in [0.2, 0.25) is 5.02 Å². The first-order chi connectivity index (χ1) is 15.3. The van der Waals surface area contributed by atoms with Crippen LogP contribution in [-0.4, -0.2) is 23.9 Å². The van der Waals surface area contributed by atoms with E-state index in [1.165, 1.54) is 48.4 Å². The molecule has 4 rings (SSSR count). The number of carbonyl (C=O) groups is 2. The molecule has 1 aliphatic rings. The molecule has 7 heteroatoms. The van der Waals surface area contributed by atoms with Gasteiger partial charge in [0.15, 0.2) is 0 Å². The van der Waals surface area contributed by atoms with E-state index in [2.05, 4.69) is 0 Å². The van der Waals surface area contributed by atoms with E-state index in [-0.39, 0.29) is 21.8 Å². The van der Waals surface area contributed by atoms with E-state index in [4.69, 9.17) is 16.3 Å². The number of aryl methyl sites for hydroxylation is 1. The molecule has 1 unspecified atom stereocenters. The smallest absolute Gasteiger partial charge is 0.300 e. The van der Waals surface area contributed by atoms with E-state index in [0.717, 1.165) is 5.56 Å². The molecular formula is C25H19ClFNO4. The van der Waals surface area contributed by atoms with Crippen molar-refractivity contribution in [3.8, 4) is 5.75 Å². The number of nitrogens with zero attached hydrogens (tertiary/aromatic N) is 1. The molecule has 5 nitrogen and oxygen atoms in total. The Kier molecular flexibility index (Phi) is 5.72. The van der Waals surface area contributed by atoms with E-state index >= 15 is 0 Å². The number of ketones is 1. The number of rotatable bonds is 4. The number of aliphatic hydroxyl groups is 1. The Bertz CT molecular complexity index is 1270. The van der Waals surface area contributed by atoms with E-state index in [9.17, 15) is 19.1 Å². The average molecular weight is 452 g/mol. The Morgan fingerprint density at radius 2 is 1.81 bits per heavy atom. The van der Waals surface area contributed by atoms with Crippen LogP contribution >= 0.6 is 11.6 Å². The molecule has 1 aliphatic heterocycles. The number of hydrogen-bond acceptors (Lipinski definition) is 4. The molecule has 1 atom stereocenters. The van der Waals surface area contributed by atoms with E-state index in [0.29, 0.717) is 11.3 Å². The largest absolute Gasteiger partial charge is 0.507 e. The van der Waals surface area contributed by atoms with E-state index < -0.39 is 29.3 Å². The van der Waals surface area contributed by atoms with Crippen LogP contribution in [0.15, 0.2) is 72.3 Å². The predicted octanol–water partition coefficient (Wildman–Crippen LogP) is 5.42. The summed E-state index contributed by atoms with van der Waals surface area (Å²) in [6.07, 6.45) is 0. The Morgan fingerprint density at radius 3 is 2.50 bits per heavy atom. The van der Waals surface area contributed by atoms with Gasteiger partial charge in [0.1, 0.15) is 17.3 Å². The van der Waals surface area contributed by atoms with Crippen LogP contribution in [0, 0.1) is 12.7 Å². The number of ether oxygens (including phenoxy) is 1. The lowest BCUT2D eigenvalue weighted by Crippen LogP contribution is -2.29. The van der Waals surface area contributed by atoms with Crippen molar-refractivity contribution >= 4 is 34.7 Å². The maximum atomic E-state index is 14.0. The van der Waals surface area contributed by atoms with Gasteiger partial charge in [-0.25, -0.2) is 4.39 Å². The molecule has 0 spiro atoms. The number of halogens is 2. The third kappa shape index (κ3) is 3.74. The van der Waals surface area contributed by atoms with Crippen molar-refractivity contribution in [2.45, 2.75) is 13.0 Å². The van der Waals surface area contributed by atoms with Gasteiger partial charge in [0.2, 0.25) is 0 Å². The topological polar surface area (TPSA) is 66.8 Å². The molecular weight excluding hydrogens is 433 g/mol. The zero-order valence-corrected chi connectivity index (χ0v) is 18.1. The van der Waals surface area contributed by atoms with Crippen molar-refractivity contribution < 1.29 is 23.8 Å². The first kappa shape index (κ1) is 21.6. The highest BCUT2D eigenvalue weighted by atomic mass is 35.5. The number of aliphatic hydroxyl groups excluding tert-OH is 1. The highest BCUT2D eigenvalue weighted by Gasteiger charge is 2.47. The SMILES string of the molecule is COc1ccc(Cl)c(/C(O)=C2\C(=O)C(=O)N(c3cccc(F)c3)C2c2cccc(C)c2)c1. The molecule has 1 fully saturated rings. The summed E-state index contributed by atoms with van der Waals surface area (Å²) in [5.41, 5.74) is 1.70. The van der Waals surface area contributed by atoms with Gasteiger partial charge in [-0.3, -0.25) is 14.5 Å². The number of anilines is 1. The van der Waals surface area contributed by atoms with Crippen molar-refractivity contribution in [1.29, 1.82) is 0 Å². The number of amides is 1. The highest BCUT2D eigenvalue weighted by Crippen LogP contribution is 2.43. The van der Waals surface area contributed by atoms with Crippen LogP contribution < -0.4 is 9.64 Å². The Morgan fingerprint density at radius 1 is 1.06 bits per heavy atom. The molecule has 1 N–H and O–H groups in total. The predicted molar refractivity (Wildman–Crippen MR) is 120 cm³/mol. The second-order valence-electron chi connectivity index (χ2n) is 7.41. The lowest BCUT2D eigenvalue weighted by molar-refractivity contribution is -0.132.